The number of hydrogen-bond acceptors (Lipinski definition) is 4. The third kappa shape index (κ3) is 2.71. The highest BCUT2D eigenvalue weighted by Gasteiger charge is 2.22. The van der Waals surface area contributed by atoms with E-state index in [2.05, 4.69) is 12.2 Å². The minimum atomic E-state index is -0.305. The predicted octanol–water partition coefficient (Wildman–Crippen LogP) is 1.83. The van der Waals surface area contributed by atoms with Crippen molar-refractivity contribution in [2.75, 3.05) is 20.2 Å². The van der Waals surface area contributed by atoms with Gasteiger partial charge in [-0.1, -0.05) is 6.07 Å². The van der Waals surface area contributed by atoms with E-state index in [1.165, 1.54) is 7.11 Å². The molecule has 1 N–H and O–H groups in total. The van der Waals surface area contributed by atoms with Crippen molar-refractivity contribution in [3.8, 4) is 0 Å². The van der Waals surface area contributed by atoms with E-state index in [4.69, 9.17) is 9.47 Å². The Morgan fingerprint density at radius 3 is 2.83 bits per heavy atom. The van der Waals surface area contributed by atoms with Crippen molar-refractivity contribution in [1.82, 2.24) is 5.32 Å². The van der Waals surface area contributed by atoms with Gasteiger partial charge in [0.2, 0.25) is 0 Å². The maximum atomic E-state index is 11.4. The van der Waals surface area contributed by atoms with Gasteiger partial charge in [-0.15, -0.1) is 0 Å². The van der Waals surface area contributed by atoms with E-state index >= 15 is 0 Å². The number of carbonyl (C=O) groups is 1. The summed E-state index contributed by atoms with van der Waals surface area (Å²) in [7, 11) is 1.39. The van der Waals surface area contributed by atoms with Crippen molar-refractivity contribution in [1.29, 1.82) is 0 Å². The first-order valence-electron chi connectivity index (χ1n) is 6.17. The maximum absolute atomic E-state index is 11.4. The van der Waals surface area contributed by atoms with Crippen molar-refractivity contribution in [3.63, 3.8) is 0 Å². The number of rotatable bonds is 2. The monoisotopic (exact) mass is 249 g/mol. The highest BCUT2D eigenvalue weighted by molar-refractivity contribution is 5.89. The zero-order valence-corrected chi connectivity index (χ0v) is 11.0. The Morgan fingerprint density at radius 2 is 2.22 bits per heavy atom. The van der Waals surface area contributed by atoms with Gasteiger partial charge in [0.25, 0.3) is 0 Å². The quantitative estimate of drug-likeness (QED) is 0.812. The molecular weight excluding hydrogens is 230 g/mol. The smallest absolute Gasteiger partial charge is 0.337 e. The largest absolute Gasteiger partial charge is 0.465 e. The summed E-state index contributed by atoms with van der Waals surface area (Å²) in [6, 6.07) is 5.59. The fraction of sp³-hybridized carbons (Fsp3) is 0.500. The number of benzene rings is 1. The van der Waals surface area contributed by atoms with E-state index in [1.807, 2.05) is 19.1 Å². The van der Waals surface area contributed by atoms with Crippen LogP contribution in [0, 0.1) is 6.92 Å². The standard InChI is InChI=1S/C14H19NO3/c1-9-6-11(14(16)17-3)4-5-12(9)13-8-15-7-10(2)18-13/h4-6,10,13,15H,7-8H2,1-3H3/t10-,13-/m1/s1. The van der Waals surface area contributed by atoms with Gasteiger partial charge in [0.05, 0.1) is 24.9 Å². The minimum Gasteiger partial charge on any atom is -0.465 e. The molecule has 0 saturated carbocycles. The molecule has 1 aliphatic rings. The molecular formula is C14H19NO3. The van der Waals surface area contributed by atoms with Crippen LogP contribution in [-0.2, 0) is 9.47 Å². The topological polar surface area (TPSA) is 47.6 Å². The number of carbonyl (C=O) groups excluding carboxylic acids is 1. The van der Waals surface area contributed by atoms with Gasteiger partial charge in [0.15, 0.2) is 0 Å². The molecule has 1 saturated heterocycles. The van der Waals surface area contributed by atoms with Crippen LogP contribution in [0.5, 0.6) is 0 Å². The second-order valence-corrected chi connectivity index (χ2v) is 4.66. The lowest BCUT2D eigenvalue weighted by Gasteiger charge is -2.30. The van der Waals surface area contributed by atoms with Gasteiger partial charge < -0.3 is 14.8 Å². The number of nitrogens with one attached hydrogen (secondary N) is 1. The lowest BCUT2D eigenvalue weighted by Crippen LogP contribution is -2.39. The van der Waals surface area contributed by atoms with Crippen LogP contribution >= 0.6 is 0 Å². The summed E-state index contributed by atoms with van der Waals surface area (Å²) in [5.41, 5.74) is 2.76. The van der Waals surface area contributed by atoms with E-state index in [0.717, 1.165) is 24.2 Å². The number of methoxy groups -OCH3 is 1. The van der Waals surface area contributed by atoms with Gasteiger partial charge in [-0.3, -0.25) is 0 Å². The average molecular weight is 249 g/mol. The van der Waals surface area contributed by atoms with Crippen molar-refractivity contribution in [2.45, 2.75) is 26.1 Å². The van der Waals surface area contributed by atoms with E-state index in [9.17, 15) is 4.79 Å². The van der Waals surface area contributed by atoms with E-state index < -0.39 is 0 Å². The van der Waals surface area contributed by atoms with Crippen molar-refractivity contribution < 1.29 is 14.3 Å². The van der Waals surface area contributed by atoms with Crippen LogP contribution in [0.3, 0.4) is 0 Å². The van der Waals surface area contributed by atoms with Crippen LogP contribution in [0.15, 0.2) is 18.2 Å². The first-order chi connectivity index (χ1) is 8.61. The summed E-state index contributed by atoms with van der Waals surface area (Å²) in [6.45, 7) is 5.74. The van der Waals surface area contributed by atoms with Gasteiger partial charge >= 0.3 is 5.97 Å². The molecule has 1 fully saturated rings. The van der Waals surface area contributed by atoms with E-state index in [-0.39, 0.29) is 18.2 Å². The first-order valence-corrected chi connectivity index (χ1v) is 6.17. The molecule has 0 aliphatic carbocycles. The SMILES string of the molecule is COC(=O)c1ccc([C@H]2CNC[C@@H](C)O2)c(C)c1. The molecule has 0 amide bonds. The normalized spacial score (nSPS) is 23.7. The summed E-state index contributed by atoms with van der Waals surface area (Å²) < 4.78 is 10.6. The lowest BCUT2D eigenvalue weighted by molar-refractivity contribution is -0.0290. The Labute approximate surface area is 107 Å². The van der Waals surface area contributed by atoms with Gasteiger partial charge in [-0.25, -0.2) is 4.79 Å². The second kappa shape index (κ2) is 5.50. The van der Waals surface area contributed by atoms with E-state index in [1.54, 1.807) is 6.07 Å². The fourth-order valence-electron chi connectivity index (χ4n) is 2.26. The predicted molar refractivity (Wildman–Crippen MR) is 68.7 cm³/mol. The van der Waals surface area contributed by atoms with E-state index in [0.29, 0.717) is 5.56 Å². The summed E-state index contributed by atoms with van der Waals surface area (Å²) in [5.74, 6) is -0.305. The second-order valence-electron chi connectivity index (χ2n) is 4.66. The molecule has 18 heavy (non-hydrogen) atoms. The molecule has 0 aromatic heterocycles. The van der Waals surface area contributed by atoms with Crippen LogP contribution in [0.4, 0.5) is 0 Å². The van der Waals surface area contributed by atoms with Crippen LogP contribution in [0.2, 0.25) is 0 Å². The maximum Gasteiger partial charge on any atom is 0.337 e. The van der Waals surface area contributed by atoms with Crippen LogP contribution < -0.4 is 5.32 Å². The van der Waals surface area contributed by atoms with Crippen LogP contribution in [0.1, 0.15) is 34.5 Å². The molecule has 0 radical (unpaired) electrons. The zero-order valence-electron chi connectivity index (χ0n) is 11.0. The number of ether oxygens (including phenoxy) is 2. The first kappa shape index (κ1) is 13.1. The highest BCUT2D eigenvalue weighted by Crippen LogP contribution is 2.25. The highest BCUT2D eigenvalue weighted by atomic mass is 16.5. The van der Waals surface area contributed by atoms with Gasteiger partial charge in [0.1, 0.15) is 0 Å². The molecule has 0 spiro atoms. The molecule has 2 atom stereocenters. The van der Waals surface area contributed by atoms with Gasteiger partial charge in [-0.05, 0) is 37.1 Å². The van der Waals surface area contributed by atoms with Crippen LogP contribution in [-0.4, -0.2) is 32.3 Å². The number of esters is 1. The van der Waals surface area contributed by atoms with Gasteiger partial charge in [-0.2, -0.15) is 0 Å². The van der Waals surface area contributed by atoms with Gasteiger partial charge in [0, 0.05) is 13.1 Å². The Hall–Kier alpha value is -1.39. The molecule has 0 bridgehead atoms. The Bertz CT molecular complexity index is 445. The molecule has 0 unspecified atom stereocenters. The Morgan fingerprint density at radius 1 is 1.44 bits per heavy atom. The Balaban J connectivity index is 2.21. The number of hydrogen-bond donors (Lipinski definition) is 1. The van der Waals surface area contributed by atoms with Crippen LogP contribution in [0.25, 0.3) is 0 Å². The molecule has 4 nitrogen and oxygen atoms in total. The molecule has 1 aromatic carbocycles. The molecule has 98 valence electrons. The average Bonchev–Trinajstić information content (AvgIpc) is 2.37. The summed E-state index contributed by atoms with van der Waals surface area (Å²) in [5, 5.41) is 3.34. The zero-order chi connectivity index (χ0) is 13.1. The molecule has 1 heterocycles. The van der Waals surface area contributed by atoms with Crippen molar-refractivity contribution >= 4 is 5.97 Å². The third-order valence-electron chi connectivity index (χ3n) is 3.20. The molecule has 4 heteroatoms. The fourth-order valence-corrected chi connectivity index (χ4v) is 2.26. The third-order valence-corrected chi connectivity index (χ3v) is 3.20. The summed E-state index contributed by atoms with van der Waals surface area (Å²) in [4.78, 5) is 11.4. The minimum absolute atomic E-state index is 0.0560. The number of morpholine rings is 1. The lowest BCUT2D eigenvalue weighted by atomic mass is 9.99. The Kier molecular flexibility index (Phi) is 3.99. The molecule has 1 aromatic rings. The molecule has 1 aliphatic heterocycles. The van der Waals surface area contributed by atoms with Crippen molar-refractivity contribution in [2.24, 2.45) is 0 Å². The summed E-state index contributed by atoms with van der Waals surface area (Å²) >= 11 is 0. The summed E-state index contributed by atoms with van der Waals surface area (Å²) in [6.07, 6.45) is 0.267. The molecule has 2 rings (SSSR count). The number of aryl methyl sites for hydroxylation is 1. The van der Waals surface area contributed by atoms with Crippen molar-refractivity contribution in [3.05, 3.63) is 34.9 Å².